The van der Waals surface area contributed by atoms with Crippen LogP contribution in [0.15, 0.2) is 18.2 Å². The van der Waals surface area contributed by atoms with Crippen molar-refractivity contribution in [3.63, 3.8) is 0 Å². The normalized spacial score (nSPS) is 16.3. The summed E-state index contributed by atoms with van der Waals surface area (Å²) in [6.45, 7) is 0.467. The minimum Gasteiger partial charge on any atom is -0.465 e. The van der Waals surface area contributed by atoms with Crippen molar-refractivity contribution >= 4 is 12.0 Å². The Morgan fingerprint density at radius 1 is 1.22 bits per heavy atom. The van der Waals surface area contributed by atoms with Crippen molar-refractivity contribution in [3.05, 3.63) is 35.1 Å². The van der Waals surface area contributed by atoms with Gasteiger partial charge in [-0.25, -0.2) is 9.18 Å². The first kappa shape index (κ1) is 17.0. The highest BCUT2D eigenvalue weighted by atomic mass is 19.4. The summed E-state index contributed by atoms with van der Waals surface area (Å²) in [4.78, 5) is 23.9. The van der Waals surface area contributed by atoms with Gasteiger partial charge in [0, 0.05) is 24.7 Å². The lowest BCUT2D eigenvalue weighted by Crippen LogP contribution is -2.46. The number of carbonyl (C=O) groups is 2. The average Bonchev–Trinajstić information content (AvgIpc) is 2.47. The van der Waals surface area contributed by atoms with Crippen LogP contribution < -0.4 is 5.32 Å². The third-order valence-electron chi connectivity index (χ3n) is 3.63. The maximum atomic E-state index is 13.2. The fourth-order valence-corrected chi connectivity index (χ4v) is 2.37. The number of alkyl halides is 3. The van der Waals surface area contributed by atoms with E-state index < -0.39 is 29.6 Å². The van der Waals surface area contributed by atoms with E-state index in [2.05, 4.69) is 5.32 Å². The molecule has 5 nitrogen and oxygen atoms in total. The summed E-state index contributed by atoms with van der Waals surface area (Å²) in [5, 5.41) is 11.4. The molecule has 0 radical (unpaired) electrons. The minimum atomic E-state index is -4.88. The summed E-state index contributed by atoms with van der Waals surface area (Å²) >= 11 is 0. The molecule has 0 saturated carbocycles. The number of rotatable bonds is 2. The Morgan fingerprint density at radius 2 is 1.83 bits per heavy atom. The first-order chi connectivity index (χ1) is 10.7. The monoisotopic (exact) mass is 334 g/mol. The van der Waals surface area contributed by atoms with Crippen molar-refractivity contribution < 1.29 is 32.3 Å². The second kappa shape index (κ2) is 6.43. The van der Waals surface area contributed by atoms with Crippen LogP contribution in [0.3, 0.4) is 0 Å². The van der Waals surface area contributed by atoms with Gasteiger partial charge in [0.25, 0.3) is 5.91 Å². The van der Waals surface area contributed by atoms with Crippen LogP contribution in [0.4, 0.5) is 22.4 Å². The Morgan fingerprint density at radius 3 is 2.35 bits per heavy atom. The van der Waals surface area contributed by atoms with Gasteiger partial charge in [-0.15, -0.1) is 0 Å². The standard InChI is InChI=1S/C14H14F4N2O3/c15-11-2-1-8(7-10(11)14(16,17)18)12(21)19-9-3-5-20(6-4-9)13(22)23/h1-2,7,9H,3-6H2,(H,19,21)(H,22,23). The van der Waals surface area contributed by atoms with Gasteiger partial charge < -0.3 is 15.3 Å². The van der Waals surface area contributed by atoms with Crippen LogP contribution in [-0.2, 0) is 6.18 Å². The molecular weight excluding hydrogens is 320 g/mol. The topological polar surface area (TPSA) is 69.6 Å². The van der Waals surface area contributed by atoms with Gasteiger partial charge in [0.15, 0.2) is 0 Å². The molecule has 1 aromatic rings. The fraction of sp³-hybridized carbons (Fsp3) is 0.429. The molecule has 2 N–H and O–H groups in total. The SMILES string of the molecule is O=C(NC1CCN(C(=O)O)CC1)c1ccc(F)c(C(F)(F)F)c1. The number of hydrogen-bond donors (Lipinski definition) is 2. The predicted molar refractivity (Wildman–Crippen MR) is 71.5 cm³/mol. The van der Waals surface area contributed by atoms with Gasteiger partial charge in [0.2, 0.25) is 0 Å². The van der Waals surface area contributed by atoms with Crippen molar-refractivity contribution in [2.75, 3.05) is 13.1 Å². The van der Waals surface area contributed by atoms with E-state index >= 15 is 0 Å². The number of hydrogen-bond acceptors (Lipinski definition) is 2. The molecule has 23 heavy (non-hydrogen) atoms. The Bertz CT molecular complexity index is 611. The van der Waals surface area contributed by atoms with Crippen LogP contribution in [0, 0.1) is 5.82 Å². The molecule has 1 aliphatic rings. The maximum absolute atomic E-state index is 13.2. The van der Waals surface area contributed by atoms with E-state index in [4.69, 9.17) is 5.11 Å². The van der Waals surface area contributed by atoms with Gasteiger partial charge in [-0.2, -0.15) is 13.2 Å². The molecule has 2 rings (SSSR count). The number of nitrogens with one attached hydrogen (secondary N) is 1. The van der Waals surface area contributed by atoms with Crippen molar-refractivity contribution in [2.45, 2.75) is 25.1 Å². The van der Waals surface area contributed by atoms with Crippen molar-refractivity contribution in [3.8, 4) is 0 Å². The summed E-state index contributed by atoms with van der Waals surface area (Å²) < 4.78 is 51.1. The zero-order valence-electron chi connectivity index (χ0n) is 11.9. The zero-order valence-corrected chi connectivity index (χ0v) is 11.9. The highest BCUT2D eigenvalue weighted by molar-refractivity contribution is 5.94. The minimum absolute atomic E-state index is 0.234. The van der Waals surface area contributed by atoms with E-state index in [1.807, 2.05) is 0 Å². The summed E-state index contributed by atoms with van der Waals surface area (Å²) in [7, 11) is 0. The van der Waals surface area contributed by atoms with Gasteiger partial charge in [-0.1, -0.05) is 0 Å². The molecule has 0 bridgehead atoms. The molecule has 1 aliphatic heterocycles. The van der Waals surface area contributed by atoms with E-state index in [9.17, 15) is 27.2 Å². The highest BCUT2D eigenvalue weighted by Gasteiger charge is 2.35. The van der Waals surface area contributed by atoms with E-state index in [1.165, 1.54) is 4.90 Å². The Hall–Kier alpha value is -2.32. The van der Waals surface area contributed by atoms with E-state index in [0.29, 0.717) is 25.0 Å². The van der Waals surface area contributed by atoms with Gasteiger partial charge in [0.05, 0.1) is 5.56 Å². The molecule has 1 heterocycles. The van der Waals surface area contributed by atoms with Crippen molar-refractivity contribution in [2.24, 2.45) is 0 Å². The van der Waals surface area contributed by atoms with Gasteiger partial charge in [-0.3, -0.25) is 4.79 Å². The maximum Gasteiger partial charge on any atom is 0.419 e. The van der Waals surface area contributed by atoms with Crippen LogP contribution in [0.2, 0.25) is 0 Å². The lowest BCUT2D eigenvalue weighted by Gasteiger charge is -2.30. The van der Waals surface area contributed by atoms with Crippen LogP contribution >= 0.6 is 0 Å². The number of nitrogens with zero attached hydrogens (tertiary/aromatic N) is 1. The predicted octanol–water partition coefficient (Wildman–Crippen LogP) is 2.72. The molecule has 0 aliphatic carbocycles. The zero-order chi connectivity index (χ0) is 17.2. The third kappa shape index (κ3) is 4.11. The van der Waals surface area contributed by atoms with Gasteiger partial charge in [0.1, 0.15) is 5.82 Å². The number of carbonyl (C=O) groups excluding carboxylic acids is 1. The van der Waals surface area contributed by atoms with Crippen LogP contribution in [0.5, 0.6) is 0 Å². The molecule has 0 atom stereocenters. The molecule has 0 spiro atoms. The first-order valence-electron chi connectivity index (χ1n) is 6.84. The molecule has 0 unspecified atom stereocenters. The average molecular weight is 334 g/mol. The molecule has 1 aromatic carbocycles. The number of carboxylic acid groups (broad SMARTS) is 1. The fourth-order valence-electron chi connectivity index (χ4n) is 2.37. The van der Waals surface area contributed by atoms with Gasteiger partial charge >= 0.3 is 12.3 Å². The Labute approximate surface area is 128 Å². The van der Waals surface area contributed by atoms with E-state index in [1.54, 1.807) is 0 Å². The largest absolute Gasteiger partial charge is 0.465 e. The number of piperidine rings is 1. The molecule has 0 aromatic heterocycles. The highest BCUT2D eigenvalue weighted by Crippen LogP contribution is 2.31. The Balaban J connectivity index is 2.03. The van der Waals surface area contributed by atoms with E-state index in [0.717, 1.165) is 6.07 Å². The number of amides is 2. The first-order valence-corrected chi connectivity index (χ1v) is 6.84. The Kier molecular flexibility index (Phi) is 4.76. The van der Waals surface area contributed by atoms with Crippen LogP contribution in [0.25, 0.3) is 0 Å². The molecule has 9 heteroatoms. The summed E-state index contributed by atoms with van der Waals surface area (Å²) in [5.74, 6) is -2.19. The summed E-state index contributed by atoms with van der Waals surface area (Å²) in [5.41, 5.74) is -1.79. The van der Waals surface area contributed by atoms with Crippen molar-refractivity contribution in [1.82, 2.24) is 10.2 Å². The third-order valence-corrected chi connectivity index (χ3v) is 3.63. The molecular formula is C14H14F4N2O3. The van der Waals surface area contributed by atoms with Crippen molar-refractivity contribution in [1.29, 1.82) is 0 Å². The summed E-state index contributed by atoms with van der Waals surface area (Å²) in [6, 6.07) is 1.71. The smallest absolute Gasteiger partial charge is 0.419 e. The lowest BCUT2D eigenvalue weighted by atomic mass is 10.0. The molecule has 126 valence electrons. The molecule has 2 amide bonds. The van der Waals surface area contributed by atoms with Crippen LogP contribution in [-0.4, -0.2) is 41.1 Å². The van der Waals surface area contributed by atoms with E-state index in [-0.39, 0.29) is 24.7 Å². The van der Waals surface area contributed by atoms with Gasteiger partial charge in [-0.05, 0) is 31.0 Å². The summed E-state index contributed by atoms with van der Waals surface area (Å²) in [6.07, 6.45) is -5.20. The molecule has 1 saturated heterocycles. The second-order valence-corrected chi connectivity index (χ2v) is 5.21. The quantitative estimate of drug-likeness (QED) is 0.817. The number of benzene rings is 1. The number of likely N-dealkylation sites (tertiary alicyclic amines) is 1. The molecule has 1 fully saturated rings. The lowest BCUT2D eigenvalue weighted by molar-refractivity contribution is -0.140. The van der Waals surface area contributed by atoms with Crippen LogP contribution in [0.1, 0.15) is 28.8 Å². The number of halogens is 4. The second-order valence-electron chi connectivity index (χ2n) is 5.21.